The Morgan fingerprint density at radius 1 is 1.00 bits per heavy atom. The van der Waals surface area contributed by atoms with Crippen LogP contribution < -0.4 is 10.6 Å². The molecule has 8 heteroatoms. The van der Waals surface area contributed by atoms with E-state index < -0.39 is 12.2 Å². The summed E-state index contributed by atoms with van der Waals surface area (Å²) < 4.78 is 5.59. The number of ether oxygens (including phenoxy) is 1. The van der Waals surface area contributed by atoms with Crippen LogP contribution in [0, 0.1) is 0 Å². The molecular formula is C29H37N3O5. The number of nitrogens with zero attached hydrogens (tertiary/aromatic N) is 1. The first-order valence-corrected chi connectivity index (χ1v) is 13.4. The van der Waals surface area contributed by atoms with Crippen LogP contribution in [0.1, 0.15) is 57.5 Å². The lowest BCUT2D eigenvalue weighted by Crippen LogP contribution is -2.60. The van der Waals surface area contributed by atoms with Crippen molar-refractivity contribution in [1.29, 1.82) is 0 Å². The summed E-state index contributed by atoms with van der Waals surface area (Å²) in [5.41, 5.74) is 3.80. The van der Waals surface area contributed by atoms with E-state index in [4.69, 9.17) is 4.74 Å². The number of fused-ring (bicyclic) bond motifs is 3. The molecule has 8 nitrogen and oxygen atoms in total. The van der Waals surface area contributed by atoms with E-state index >= 15 is 0 Å². The van der Waals surface area contributed by atoms with Gasteiger partial charge in [0.05, 0.1) is 37.5 Å². The van der Waals surface area contributed by atoms with Gasteiger partial charge in [-0.2, -0.15) is 0 Å². The molecule has 2 aliphatic heterocycles. The second-order valence-corrected chi connectivity index (χ2v) is 10.6. The van der Waals surface area contributed by atoms with Crippen molar-refractivity contribution >= 4 is 11.8 Å². The van der Waals surface area contributed by atoms with E-state index in [2.05, 4.69) is 34.9 Å². The molecule has 37 heavy (non-hydrogen) atoms. The van der Waals surface area contributed by atoms with Crippen molar-refractivity contribution in [2.45, 2.75) is 68.9 Å². The quantitative estimate of drug-likeness (QED) is 0.433. The van der Waals surface area contributed by atoms with Gasteiger partial charge in [0.25, 0.3) is 11.8 Å². The molecule has 0 spiro atoms. The van der Waals surface area contributed by atoms with Crippen LogP contribution in [-0.2, 0) is 17.6 Å². The minimum atomic E-state index is -0.538. The van der Waals surface area contributed by atoms with Gasteiger partial charge in [-0.1, -0.05) is 24.3 Å². The largest absolute Gasteiger partial charge is 0.393 e. The molecular weight excluding hydrogens is 470 g/mol. The number of hydrogen-bond donors (Lipinski definition) is 4. The molecule has 2 amide bonds. The summed E-state index contributed by atoms with van der Waals surface area (Å²) in [6, 6.07) is 15.3. The van der Waals surface area contributed by atoms with Crippen molar-refractivity contribution < 1.29 is 24.5 Å². The Labute approximate surface area is 218 Å². The lowest BCUT2D eigenvalue weighted by atomic mass is 9.88. The fourth-order valence-electron chi connectivity index (χ4n) is 5.86. The average Bonchev–Trinajstić information content (AvgIpc) is 2.91. The van der Waals surface area contributed by atoms with Gasteiger partial charge in [-0.05, 0) is 73.9 Å². The number of morpholine rings is 1. The normalized spacial score (nSPS) is 25.7. The molecule has 4 N–H and O–H groups in total. The number of aryl methyl sites for hydroxylation is 1. The van der Waals surface area contributed by atoms with Gasteiger partial charge in [-0.25, -0.2) is 0 Å². The van der Waals surface area contributed by atoms with Gasteiger partial charge in [-0.15, -0.1) is 0 Å². The van der Waals surface area contributed by atoms with Crippen LogP contribution in [0.15, 0.2) is 48.5 Å². The van der Waals surface area contributed by atoms with Crippen molar-refractivity contribution in [1.82, 2.24) is 15.5 Å². The lowest BCUT2D eigenvalue weighted by molar-refractivity contribution is -0.0871. The number of rotatable bonds is 8. The lowest BCUT2D eigenvalue weighted by Gasteiger charge is -2.47. The van der Waals surface area contributed by atoms with Gasteiger partial charge in [0.2, 0.25) is 0 Å². The number of amides is 2. The monoisotopic (exact) mass is 507 g/mol. The molecule has 5 rings (SSSR count). The summed E-state index contributed by atoms with van der Waals surface area (Å²) in [5, 5.41) is 26.8. The number of piperidine rings is 1. The molecule has 4 unspecified atom stereocenters. The summed E-state index contributed by atoms with van der Waals surface area (Å²) >= 11 is 0. The topological polar surface area (TPSA) is 111 Å². The first-order valence-electron chi connectivity index (χ1n) is 13.4. The second-order valence-electron chi connectivity index (χ2n) is 10.6. The molecule has 2 heterocycles. The molecule has 2 aromatic carbocycles. The summed E-state index contributed by atoms with van der Waals surface area (Å²) in [5.74, 6) is -0.316. The second kappa shape index (κ2) is 11.7. The van der Waals surface area contributed by atoms with Crippen molar-refractivity contribution in [3.05, 3.63) is 70.8 Å². The van der Waals surface area contributed by atoms with Gasteiger partial charge in [0, 0.05) is 30.3 Å². The van der Waals surface area contributed by atoms with E-state index in [0.717, 1.165) is 19.3 Å². The van der Waals surface area contributed by atoms with E-state index in [1.807, 2.05) is 4.90 Å². The Bertz CT molecular complexity index is 1080. The predicted octanol–water partition coefficient (Wildman–Crippen LogP) is 1.68. The SMILES string of the molecule is O=C(NCCC(O)CNC1CCc2ccccc2C1)c1ccc(C(=O)N2C3COCC2CC(O)C3)cc1. The number of aliphatic hydroxyl groups excluding tert-OH is 2. The first-order chi connectivity index (χ1) is 18.0. The van der Waals surface area contributed by atoms with Crippen molar-refractivity contribution in [2.24, 2.45) is 0 Å². The number of nitrogens with one attached hydrogen (secondary N) is 2. The molecule has 0 aromatic heterocycles. The zero-order valence-electron chi connectivity index (χ0n) is 21.1. The fraction of sp³-hybridized carbons (Fsp3) is 0.517. The maximum Gasteiger partial charge on any atom is 0.254 e. The number of hydrogen-bond acceptors (Lipinski definition) is 6. The van der Waals surface area contributed by atoms with Crippen LogP contribution >= 0.6 is 0 Å². The smallest absolute Gasteiger partial charge is 0.254 e. The van der Waals surface area contributed by atoms with Crippen LogP contribution in [0.5, 0.6) is 0 Å². The zero-order valence-corrected chi connectivity index (χ0v) is 21.1. The molecule has 1 aliphatic carbocycles. The predicted molar refractivity (Wildman–Crippen MR) is 139 cm³/mol. The Kier molecular flexibility index (Phi) is 8.20. The summed E-state index contributed by atoms with van der Waals surface area (Å²) in [7, 11) is 0. The average molecular weight is 508 g/mol. The Morgan fingerprint density at radius 2 is 1.68 bits per heavy atom. The number of carbonyl (C=O) groups is 2. The first kappa shape index (κ1) is 25.9. The van der Waals surface area contributed by atoms with Crippen LogP contribution in [0.4, 0.5) is 0 Å². The summed E-state index contributed by atoms with van der Waals surface area (Å²) in [6.45, 7) is 1.75. The highest BCUT2D eigenvalue weighted by Gasteiger charge is 2.41. The molecule has 3 aliphatic rings. The molecule has 2 saturated heterocycles. The van der Waals surface area contributed by atoms with Crippen LogP contribution in [0.25, 0.3) is 0 Å². The van der Waals surface area contributed by atoms with Crippen molar-refractivity contribution in [3.8, 4) is 0 Å². The highest BCUT2D eigenvalue weighted by Crippen LogP contribution is 2.29. The zero-order chi connectivity index (χ0) is 25.8. The number of carbonyl (C=O) groups excluding carboxylic acids is 2. The van der Waals surface area contributed by atoms with E-state index in [9.17, 15) is 19.8 Å². The third-order valence-corrected chi connectivity index (χ3v) is 7.88. The molecule has 2 aromatic rings. The number of aliphatic hydroxyl groups is 2. The van der Waals surface area contributed by atoms with E-state index in [1.165, 1.54) is 11.1 Å². The Hall–Kier alpha value is -2.78. The maximum atomic E-state index is 13.1. The van der Waals surface area contributed by atoms with E-state index in [0.29, 0.717) is 62.7 Å². The highest BCUT2D eigenvalue weighted by atomic mass is 16.5. The minimum absolute atomic E-state index is 0.0887. The molecule has 2 fully saturated rings. The van der Waals surface area contributed by atoms with Crippen LogP contribution in [0.2, 0.25) is 0 Å². The van der Waals surface area contributed by atoms with Gasteiger partial charge in [0.15, 0.2) is 0 Å². The van der Waals surface area contributed by atoms with Crippen molar-refractivity contribution in [3.63, 3.8) is 0 Å². The van der Waals surface area contributed by atoms with Gasteiger partial charge < -0.3 is 30.5 Å². The van der Waals surface area contributed by atoms with Gasteiger partial charge >= 0.3 is 0 Å². The molecule has 2 bridgehead atoms. The fourth-order valence-corrected chi connectivity index (χ4v) is 5.86. The third-order valence-electron chi connectivity index (χ3n) is 7.88. The van der Waals surface area contributed by atoms with Crippen molar-refractivity contribution in [2.75, 3.05) is 26.3 Å². The summed E-state index contributed by atoms with van der Waals surface area (Å²) in [6.07, 6.45) is 3.68. The highest BCUT2D eigenvalue weighted by molar-refractivity contribution is 5.98. The molecule has 198 valence electrons. The molecule has 4 atom stereocenters. The third kappa shape index (κ3) is 6.21. The maximum absolute atomic E-state index is 13.1. The summed E-state index contributed by atoms with van der Waals surface area (Å²) in [4.78, 5) is 27.6. The Balaban J connectivity index is 1.05. The van der Waals surface area contributed by atoms with E-state index in [1.54, 1.807) is 24.3 Å². The Morgan fingerprint density at radius 3 is 2.41 bits per heavy atom. The number of benzene rings is 2. The van der Waals surface area contributed by atoms with Crippen LogP contribution in [0.3, 0.4) is 0 Å². The van der Waals surface area contributed by atoms with Gasteiger partial charge in [0.1, 0.15) is 0 Å². The van der Waals surface area contributed by atoms with Gasteiger partial charge in [-0.3, -0.25) is 9.59 Å². The molecule has 0 radical (unpaired) electrons. The van der Waals surface area contributed by atoms with E-state index in [-0.39, 0.29) is 23.9 Å². The van der Waals surface area contributed by atoms with Crippen LogP contribution in [-0.4, -0.2) is 83.6 Å². The molecule has 0 saturated carbocycles. The minimum Gasteiger partial charge on any atom is -0.393 e. The standard InChI is InChI=1S/C29H37N3O5/c33-26(16-31-23-10-9-19-3-1-2-4-22(19)13-23)11-12-30-28(35)20-5-7-21(8-6-20)29(36)32-24-14-27(34)15-25(32)18-37-17-24/h1-8,23-27,31,33-34H,9-18H2,(H,30,35).